The molecule has 1 aromatic carbocycles. The van der Waals surface area contributed by atoms with E-state index in [0.29, 0.717) is 24.4 Å². The Bertz CT molecular complexity index is 488. The van der Waals surface area contributed by atoms with E-state index in [-0.39, 0.29) is 30.1 Å². The maximum Gasteiger partial charge on any atom is 0.224 e. The van der Waals surface area contributed by atoms with Crippen LogP contribution in [0.25, 0.3) is 0 Å². The summed E-state index contributed by atoms with van der Waals surface area (Å²) in [7, 11) is 0. The average molecular weight is 346 g/mol. The zero-order chi connectivity index (χ0) is 15.1. The lowest BCUT2D eigenvalue weighted by molar-refractivity contribution is -0.124. The molecule has 1 aliphatic heterocycles. The Hall–Kier alpha value is -1.30. The summed E-state index contributed by atoms with van der Waals surface area (Å²) in [5.74, 6) is 0.0973. The number of carbonyl (C=O) groups excluding carboxylic acids is 2. The van der Waals surface area contributed by atoms with Crippen molar-refractivity contribution in [2.45, 2.75) is 19.3 Å². The van der Waals surface area contributed by atoms with Crippen molar-refractivity contribution in [3.05, 3.63) is 29.3 Å². The van der Waals surface area contributed by atoms with E-state index in [4.69, 9.17) is 11.6 Å². The summed E-state index contributed by atoms with van der Waals surface area (Å²) >= 11 is 5.78. The Morgan fingerprint density at radius 1 is 1.27 bits per heavy atom. The third-order valence-corrected chi connectivity index (χ3v) is 3.69. The number of carbonyl (C=O) groups is 2. The standard InChI is InChI=1S/C15H20ClN3O2.ClH/c16-12-3-5-13(6-4-12)19-14(20)2-1-8-18-15(21)11-7-9-17-10-11;/h3-6,11,17H,1-2,7-10H2,(H,18,21)(H,19,20);1H. The second-order valence-corrected chi connectivity index (χ2v) is 5.58. The molecule has 0 saturated carbocycles. The summed E-state index contributed by atoms with van der Waals surface area (Å²) in [6.45, 7) is 2.19. The van der Waals surface area contributed by atoms with Crippen molar-refractivity contribution in [3.8, 4) is 0 Å². The van der Waals surface area contributed by atoms with Crippen molar-refractivity contribution >= 4 is 41.5 Å². The maximum absolute atomic E-state index is 11.7. The molecule has 0 aliphatic carbocycles. The number of rotatable bonds is 6. The number of anilines is 1. The summed E-state index contributed by atoms with van der Waals surface area (Å²) < 4.78 is 0. The predicted octanol–water partition coefficient (Wildman–Crippen LogP) is 2.21. The zero-order valence-corrected chi connectivity index (χ0v) is 13.8. The van der Waals surface area contributed by atoms with Gasteiger partial charge in [0.15, 0.2) is 0 Å². The lowest BCUT2D eigenvalue weighted by Gasteiger charge is -2.09. The molecule has 1 atom stereocenters. The van der Waals surface area contributed by atoms with Gasteiger partial charge in [-0.2, -0.15) is 0 Å². The van der Waals surface area contributed by atoms with E-state index in [2.05, 4.69) is 16.0 Å². The van der Waals surface area contributed by atoms with Crippen LogP contribution in [0.15, 0.2) is 24.3 Å². The van der Waals surface area contributed by atoms with Crippen molar-refractivity contribution in [2.75, 3.05) is 25.0 Å². The van der Waals surface area contributed by atoms with Crippen LogP contribution < -0.4 is 16.0 Å². The minimum absolute atomic E-state index is 0. The highest BCUT2D eigenvalue weighted by molar-refractivity contribution is 6.30. The fourth-order valence-corrected chi connectivity index (χ4v) is 2.37. The van der Waals surface area contributed by atoms with Crippen LogP contribution in [0.3, 0.4) is 0 Å². The second-order valence-electron chi connectivity index (χ2n) is 5.14. The number of nitrogens with one attached hydrogen (secondary N) is 3. The SMILES string of the molecule is Cl.O=C(CCCNC(=O)C1CCNC1)Nc1ccc(Cl)cc1. The Morgan fingerprint density at radius 3 is 2.64 bits per heavy atom. The summed E-state index contributed by atoms with van der Waals surface area (Å²) in [6, 6.07) is 6.98. The average Bonchev–Trinajstić information content (AvgIpc) is 3.00. The minimum atomic E-state index is -0.0610. The monoisotopic (exact) mass is 345 g/mol. The molecule has 3 N–H and O–H groups in total. The first-order valence-electron chi connectivity index (χ1n) is 7.19. The molecular weight excluding hydrogens is 325 g/mol. The van der Waals surface area contributed by atoms with Gasteiger partial charge in [-0.3, -0.25) is 9.59 Å². The largest absolute Gasteiger partial charge is 0.356 e. The molecule has 122 valence electrons. The lowest BCUT2D eigenvalue weighted by atomic mass is 10.1. The third-order valence-electron chi connectivity index (χ3n) is 3.44. The molecular formula is C15H21Cl2N3O2. The fraction of sp³-hybridized carbons (Fsp3) is 0.467. The predicted molar refractivity (Wildman–Crippen MR) is 90.6 cm³/mol. The van der Waals surface area contributed by atoms with Crippen LogP contribution >= 0.6 is 24.0 Å². The van der Waals surface area contributed by atoms with Gasteiger partial charge in [0.1, 0.15) is 0 Å². The van der Waals surface area contributed by atoms with Gasteiger partial charge in [0, 0.05) is 30.2 Å². The molecule has 1 aromatic rings. The van der Waals surface area contributed by atoms with Crippen molar-refractivity contribution in [1.29, 1.82) is 0 Å². The van der Waals surface area contributed by atoms with Gasteiger partial charge in [-0.25, -0.2) is 0 Å². The van der Waals surface area contributed by atoms with E-state index in [1.807, 2.05) is 0 Å². The summed E-state index contributed by atoms with van der Waals surface area (Å²) in [5.41, 5.74) is 0.727. The highest BCUT2D eigenvalue weighted by atomic mass is 35.5. The molecule has 0 spiro atoms. The van der Waals surface area contributed by atoms with Crippen molar-refractivity contribution in [3.63, 3.8) is 0 Å². The van der Waals surface area contributed by atoms with Crippen LogP contribution in [0, 0.1) is 5.92 Å². The number of halogens is 2. The summed E-state index contributed by atoms with van der Waals surface area (Å²) in [6.07, 6.45) is 1.90. The fourth-order valence-electron chi connectivity index (χ4n) is 2.24. The van der Waals surface area contributed by atoms with Crippen LogP contribution in [0.1, 0.15) is 19.3 Å². The minimum Gasteiger partial charge on any atom is -0.356 e. The van der Waals surface area contributed by atoms with E-state index >= 15 is 0 Å². The van der Waals surface area contributed by atoms with E-state index in [9.17, 15) is 9.59 Å². The van der Waals surface area contributed by atoms with Gasteiger partial charge < -0.3 is 16.0 Å². The summed E-state index contributed by atoms with van der Waals surface area (Å²) in [4.78, 5) is 23.5. The third kappa shape index (κ3) is 6.22. The van der Waals surface area contributed by atoms with E-state index in [0.717, 1.165) is 25.2 Å². The van der Waals surface area contributed by atoms with Gasteiger partial charge in [0.05, 0.1) is 5.92 Å². The van der Waals surface area contributed by atoms with Crippen molar-refractivity contribution in [1.82, 2.24) is 10.6 Å². The highest BCUT2D eigenvalue weighted by Crippen LogP contribution is 2.13. The van der Waals surface area contributed by atoms with Crippen LogP contribution in [0.4, 0.5) is 5.69 Å². The van der Waals surface area contributed by atoms with Gasteiger partial charge in [0.2, 0.25) is 11.8 Å². The molecule has 0 radical (unpaired) electrons. The Kier molecular flexibility index (Phi) is 8.24. The maximum atomic E-state index is 11.7. The number of hydrogen-bond donors (Lipinski definition) is 3. The normalized spacial score (nSPS) is 16.7. The smallest absolute Gasteiger partial charge is 0.224 e. The van der Waals surface area contributed by atoms with Gasteiger partial charge >= 0.3 is 0 Å². The molecule has 2 rings (SSSR count). The van der Waals surface area contributed by atoms with Gasteiger partial charge in [0.25, 0.3) is 0 Å². The second kappa shape index (κ2) is 9.66. The van der Waals surface area contributed by atoms with E-state index in [1.165, 1.54) is 0 Å². The molecule has 5 nitrogen and oxygen atoms in total. The molecule has 0 aromatic heterocycles. The molecule has 1 unspecified atom stereocenters. The molecule has 1 aliphatic rings. The number of benzene rings is 1. The first kappa shape index (κ1) is 18.7. The number of hydrogen-bond acceptors (Lipinski definition) is 3. The highest BCUT2D eigenvalue weighted by Gasteiger charge is 2.21. The summed E-state index contributed by atoms with van der Waals surface area (Å²) in [5, 5.41) is 9.46. The van der Waals surface area contributed by atoms with Gasteiger partial charge in [-0.15, -0.1) is 12.4 Å². The van der Waals surface area contributed by atoms with Crippen LogP contribution in [-0.4, -0.2) is 31.4 Å². The van der Waals surface area contributed by atoms with Crippen LogP contribution in [0.5, 0.6) is 0 Å². The number of amides is 2. The van der Waals surface area contributed by atoms with Gasteiger partial charge in [-0.1, -0.05) is 11.6 Å². The van der Waals surface area contributed by atoms with Crippen LogP contribution in [0.2, 0.25) is 5.02 Å². The van der Waals surface area contributed by atoms with Crippen LogP contribution in [-0.2, 0) is 9.59 Å². The molecule has 7 heteroatoms. The Morgan fingerprint density at radius 2 is 2.00 bits per heavy atom. The lowest BCUT2D eigenvalue weighted by Crippen LogP contribution is -2.32. The Balaban J connectivity index is 0.00000242. The molecule has 2 amide bonds. The molecule has 1 heterocycles. The first-order valence-corrected chi connectivity index (χ1v) is 7.57. The molecule has 1 saturated heterocycles. The topological polar surface area (TPSA) is 70.2 Å². The zero-order valence-electron chi connectivity index (χ0n) is 12.2. The molecule has 0 bridgehead atoms. The van der Waals surface area contributed by atoms with E-state index in [1.54, 1.807) is 24.3 Å². The molecule has 22 heavy (non-hydrogen) atoms. The van der Waals surface area contributed by atoms with Crippen molar-refractivity contribution in [2.24, 2.45) is 5.92 Å². The van der Waals surface area contributed by atoms with Crippen molar-refractivity contribution < 1.29 is 9.59 Å². The van der Waals surface area contributed by atoms with E-state index < -0.39 is 0 Å². The van der Waals surface area contributed by atoms with Gasteiger partial charge in [-0.05, 0) is 43.7 Å². The quantitative estimate of drug-likeness (QED) is 0.692. The molecule has 1 fully saturated rings. The first-order chi connectivity index (χ1) is 10.1. The Labute approximate surface area is 141 Å².